The molecule has 0 radical (unpaired) electrons. The maximum atomic E-state index is 12.0. The molecule has 2 rings (SSSR count). The summed E-state index contributed by atoms with van der Waals surface area (Å²) in [5.41, 5.74) is 7.43. The van der Waals surface area contributed by atoms with Crippen LogP contribution >= 0.6 is 0 Å². The van der Waals surface area contributed by atoms with Crippen molar-refractivity contribution < 1.29 is 9.53 Å². The zero-order chi connectivity index (χ0) is 14.0. The number of nitrogens with two attached hydrogens (primary N) is 1. The minimum Gasteiger partial charge on any atom is -0.497 e. The van der Waals surface area contributed by atoms with Crippen LogP contribution in [0.15, 0.2) is 18.2 Å². The number of hydrogen-bond acceptors (Lipinski definition) is 4. The summed E-state index contributed by atoms with van der Waals surface area (Å²) in [7, 11) is 3.36. The number of carbonyl (C=O) groups excluding carboxylic acids is 1. The Kier molecular flexibility index (Phi) is 3.59. The van der Waals surface area contributed by atoms with Crippen LogP contribution in [0.25, 0.3) is 11.0 Å². The largest absolute Gasteiger partial charge is 0.497 e. The van der Waals surface area contributed by atoms with Crippen LogP contribution in [-0.4, -0.2) is 41.1 Å². The summed E-state index contributed by atoms with van der Waals surface area (Å²) >= 11 is 0. The molecular weight excluding hydrogens is 244 g/mol. The first-order valence-electron chi connectivity index (χ1n) is 6.10. The Morgan fingerprint density at radius 3 is 2.89 bits per heavy atom. The molecular formula is C13H18N4O2. The highest BCUT2D eigenvalue weighted by Gasteiger charge is 2.14. The van der Waals surface area contributed by atoms with E-state index in [0.29, 0.717) is 18.2 Å². The van der Waals surface area contributed by atoms with Gasteiger partial charge in [0.25, 0.3) is 0 Å². The molecule has 0 unspecified atom stereocenters. The molecule has 1 aromatic carbocycles. The molecule has 0 aliphatic heterocycles. The molecule has 0 bridgehead atoms. The minimum absolute atomic E-state index is 0.00341. The number of ether oxygens (including phenoxy) is 1. The fraction of sp³-hybridized carbons (Fsp3) is 0.385. The molecule has 0 aliphatic carbocycles. The average molecular weight is 262 g/mol. The van der Waals surface area contributed by atoms with Gasteiger partial charge in [0.2, 0.25) is 11.9 Å². The SMILES string of the molecule is CCN(C)C(=O)Cn1c(N)nc2ccc(OC)cc21. The number of nitrogen functional groups attached to an aromatic ring is 1. The third kappa shape index (κ3) is 2.47. The van der Waals surface area contributed by atoms with Crippen LogP contribution in [0.4, 0.5) is 5.95 Å². The molecule has 0 fully saturated rings. The van der Waals surface area contributed by atoms with E-state index >= 15 is 0 Å². The number of fused-ring (bicyclic) bond motifs is 1. The summed E-state index contributed by atoms with van der Waals surface area (Å²) in [6.45, 7) is 2.77. The number of aromatic nitrogens is 2. The zero-order valence-corrected chi connectivity index (χ0v) is 11.4. The van der Waals surface area contributed by atoms with E-state index in [1.54, 1.807) is 23.6 Å². The lowest BCUT2D eigenvalue weighted by molar-refractivity contribution is -0.130. The number of anilines is 1. The third-order valence-corrected chi connectivity index (χ3v) is 3.18. The second-order valence-electron chi connectivity index (χ2n) is 4.32. The van der Waals surface area contributed by atoms with Crippen molar-refractivity contribution in [2.75, 3.05) is 26.4 Å². The van der Waals surface area contributed by atoms with Gasteiger partial charge in [0.1, 0.15) is 12.3 Å². The molecule has 0 aliphatic rings. The monoisotopic (exact) mass is 262 g/mol. The van der Waals surface area contributed by atoms with Crippen LogP contribution in [0.5, 0.6) is 5.75 Å². The van der Waals surface area contributed by atoms with E-state index in [9.17, 15) is 4.79 Å². The van der Waals surface area contributed by atoms with Gasteiger partial charge in [-0.05, 0) is 19.1 Å². The molecule has 1 heterocycles. The number of amides is 1. The van der Waals surface area contributed by atoms with Crippen molar-refractivity contribution >= 4 is 22.9 Å². The number of likely N-dealkylation sites (N-methyl/N-ethyl adjacent to an activating group) is 1. The van der Waals surface area contributed by atoms with E-state index in [4.69, 9.17) is 10.5 Å². The van der Waals surface area contributed by atoms with Crippen molar-refractivity contribution in [3.8, 4) is 5.75 Å². The summed E-state index contributed by atoms with van der Waals surface area (Å²) in [5.74, 6) is 1.04. The van der Waals surface area contributed by atoms with Gasteiger partial charge in [-0.3, -0.25) is 4.79 Å². The Morgan fingerprint density at radius 2 is 2.26 bits per heavy atom. The van der Waals surface area contributed by atoms with Crippen LogP contribution in [0.3, 0.4) is 0 Å². The standard InChI is InChI=1S/C13H18N4O2/c1-4-16(2)12(18)8-17-11-7-9(19-3)5-6-10(11)15-13(17)14/h5-7H,4,8H2,1-3H3,(H2,14,15). The van der Waals surface area contributed by atoms with Gasteiger partial charge in [-0.15, -0.1) is 0 Å². The Balaban J connectivity index is 2.41. The normalized spacial score (nSPS) is 10.7. The van der Waals surface area contributed by atoms with Crippen LogP contribution in [0.1, 0.15) is 6.92 Å². The predicted octanol–water partition coefficient (Wildman–Crippen LogP) is 1.11. The predicted molar refractivity (Wildman–Crippen MR) is 74.0 cm³/mol. The first-order valence-corrected chi connectivity index (χ1v) is 6.10. The van der Waals surface area contributed by atoms with Gasteiger partial charge in [-0.2, -0.15) is 0 Å². The summed E-state index contributed by atoms with van der Waals surface area (Å²) in [6, 6.07) is 5.48. The topological polar surface area (TPSA) is 73.4 Å². The van der Waals surface area contributed by atoms with Crippen molar-refractivity contribution in [1.82, 2.24) is 14.5 Å². The molecule has 2 N–H and O–H groups in total. The van der Waals surface area contributed by atoms with Crippen molar-refractivity contribution in [1.29, 1.82) is 0 Å². The lowest BCUT2D eigenvalue weighted by atomic mass is 10.3. The van der Waals surface area contributed by atoms with Crippen molar-refractivity contribution in [3.05, 3.63) is 18.2 Å². The fourth-order valence-corrected chi connectivity index (χ4v) is 1.85. The minimum atomic E-state index is -0.00341. The van der Waals surface area contributed by atoms with Crippen LogP contribution in [0.2, 0.25) is 0 Å². The molecule has 0 saturated carbocycles. The molecule has 0 spiro atoms. The Morgan fingerprint density at radius 1 is 1.53 bits per heavy atom. The first kappa shape index (κ1) is 13.2. The summed E-state index contributed by atoms with van der Waals surface area (Å²) in [4.78, 5) is 17.9. The molecule has 102 valence electrons. The van der Waals surface area contributed by atoms with Gasteiger partial charge in [0.05, 0.1) is 18.1 Å². The van der Waals surface area contributed by atoms with Gasteiger partial charge < -0.3 is 19.9 Å². The molecule has 0 saturated heterocycles. The van der Waals surface area contributed by atoms with Crippen molar-refractivity contribution in [2.24, 2.45) is 0 Å². The second-order valence-corrected chi connectivity index (χ2v) is 4.32. The number of imidazole rings is 1. The van der Waals surface area contributed by atoms with E-state index < -0.39 is 0 Å². The molecule has 2 aromatic rings. The van der Waals surface area contributed by atoms with E-state index in [1.807, 2.05) is 25.1 Å². The van der Waals surface area contributed by atoms with Gasteiger partial charge in [0.15, 0.2) is 0 Å². The lowest BCUT2D eigenvalue weighted by Gasteiger charge is -2.15. The molecule has 19 heavy (non-hydrogen) atoms. The lowest BCUT2D eigenvalue weighted by Crippen LogP contribution is -2.30. The highest BCUT2D eigenvalue weighted by Crippen LogP contribution is 2.23. The summed E-state index contributed by atoms with van der Waals surface area (Å²) < 4.78 is 6.88. The first-order chi connectivity index (χ1) is 9.06. The van der Waals surface area contributed by atoms with Gasteiger partial charge in [-0.25, -0.2) is 4.98 Å². The third-order valence-electron chi connectivity index (χ3n) is 3.18. The van der Waals surface area contributed by atoms with Crippen molar-refractivity contribution in [2.45, 2.75) is 13.5 Å². The number of benzene rings is 1. The van der Waals surface area contributed by atoms with E-state index in [1.165, 1.54) is 0 Å². The van der Waals surface area contributed by atoms with Crippen molar-refractivity contribution in [3.63, 3.8) is 0 Å². The number of hydrogen-bond donors (Lipinski definition) is 1. The van der Waals surface area contributed by atoms with Gasteiger partial charge >= 0.3 is 0 Å². The fourth-order valence-electron chi connectivity index (χ4n) is 1.85. The number of carbonyl (C=O) groups is 1. The van der Waals surface area contributed by atoms with Crippen LogP contribution < -0.4 is 10.5 Å². The molecule has 1 aromatic heterocycles. The van der Waals surface area contributed by atoms with Crippen LogP contribution in [0, 0.1) is 0 Å². The molecule has 0 atom stereocenters. The second kappa shape index (κ2) is 5.17. The Labute approximate surface area is 111 Å². The number of methoxy groups -OCH3 is 1. The summed E-state index contributed by atoms with van der Waals surface area (Å²) in [6.07, 6.45) is 0. The highest BCUT2D eigenvalue weighted by molar-refractivity contribution is 5.83. The Hall–Kier alpha value is -2.24. The smallest absolute Gasteiger partial charge is 0.242 e. The van der Waals surface area contributed by atoms with E-state index in [0.717, 1.165) is 11.0 Å². The van der Waals surface area contributed by atoms with E-state index in [-0.39, 0.29) is 12.5 Å². The molecule has 6 heteroatoms. The van der Waals surface area contributed by atoms with Gasteiger partial charge in [-0.1, -0.05) is 0 Å². The van der Waals surface area contributed by atoms with E-state index in [2.05, 4.69) is 4.98 Å². The quantitative estimate of drug-likeness (QED) is 0.895. The number of rotatable bonds is 4. The van der Waals surface area contributed by atoms with Crippen LogP contribution in [-0.2, 0) is 11.3 Å². The maximum absolute atomic E-state index is 12.0. The summed E-state index contributed by atoms with van der Waals surface area (Å²) in [5, 5.41) is 0. The molecule has 1 amide bonds. The van der Waals surface area contributed by atoms with Gasteiger partial charge in [0, 0.05) is 19.7 Å². The number of nitrogens with zero attached hydrogens (tertiary/aromatic N) is 3. The molecule has 6 nitrogen and oxygen atoms in total. The zero-order valence-electron chi connectivity index (χ0n) is 11.4. The maximum Gasteiger partial charge on any atom is 0.242 e. The highest BCUT2D eigenvalue weighted by atomic mass is 16.5. The average Bonchev–Trinajstić information content (AvgIpc) is 2.73. The Bertz CT molecular complexity index is 606.